The fraction of sp³-hybridized carbons (Fsp3) is 0.417. The van der Waals surface area contributed by atoms with Crippen LogP contribution in [0.15, 0.2) is 23.3 Å². The van der Waals surface area contributed by atoms with Crippen molar-refractivity contribution < 1.29 is 23.0 Å². The lowest BCUT2D eigenvalue weighted by molar-refractivity contribution is -0.286. The summed E-state index contributed by atoms with van der Waals surface area (Å²) in [5.41, 5.74) is 8.74. The summed E-state index contributed by atoms with van der Waals surface area (Å²) in [6, 6.07) is 4.18. The molecule has 2 heterocycles. The summed E-state index contributed by atoms with van der Waals surface area (Å²) in [4.78, 5) is 16.1. The van der Waals surface area contributed by atoms with Crippen LogP contribution >= 0.6 is 0 Å². The monoisotopic (exact) mass is 296 g/mol. The van der Waals surface area contributed by atoms with Crippen LogP contribution in [0.25, 0.3) is 10.4 Å². The summed E-state index contributed by atoms with van der Waals surface area (Å²) in [6.07, 6.45) is -3.43. The number of halogens is 2. The van der Waals surface area contributed by atoms with Gasteiger partial charge in [0.25, 0.3) is 0 Å². The van der Waals surface area contributed by atoms with Crippen LogP contribution in [-0.4, -0.2) is 25.3 Å². The average molecular weight is 296 g/mol. The number of ether oxygens (including phenoxy) is 2. The van der Waals surface area contributed by atoms with Crippen LogP contribution in [0.1, 0.15) is 6.42 Å². The molecule has 110 valence electrons. The zero-order chi connectivity index (χ0) is 15.0. The molecular weight excluding hydrogens is 286 g/mol. The molecule has 0 N–H and O–H groups in total. The summed E-state index contributed by atoms with van der Waals surface area (Å²) in [5.74, 6) is -0.413. The largest absolute Gasteiger partial charge is 0.586 e. The highest BCUT2D eigenvalue weighted by Gasteiger charge is 2.44. The van der Waals surface area contributed by atoms with Crippen molar-refractivity contribution in [3.8, 4) is 11.5 Å². The minimum atomic E-state index is -3.68. The molecule has 21 heavy (non-hydrogen) atoms. The molecule has 0 saturated carbocycles. The van der Waals surface area contributed by atoms with E-state index in [1.165, 1.54) is 23.1 Å². The van der Waals surface area contributed by atoms with Crippen molar-refractivity contribution in [3.05, 3.63) is 28.6 Å². The van der Waals surface area contributed by atoms with Gasteiger partial charge in [-0.1, -0.05) is 5.11 Å². The lowest BCUT2D eigenvalue weighted by Gasteiger charge is -2.16. The smallest absolute Gasteiger partial charge is 0.395 e. The molecule has 0 aliphatic carbocycles. The van der Waals surface area contributed by atoms with Gasteiger partial charge >= 0.3 is 6.29 Å². The van der Waals surface area contributed by atoms with Gasteiger partial charge in [0.1, 0.15) is 0 Å². The molecule has 1 saturated heterocycles. The number of hydrogen-bond donors (Lipinski definition) is 0. The number of carbonyl (C=O) groups is 1. The highest BCUT2D eigenvalue weighted by atomic mass is 19.3. The first-order valence-electron chi connectivity index (χ1n) is 6.19. The van der Waals surface area contributed by atoms with Crippen molar-refractivity contribution in [2.45, 2.75) is 12.7 Å². The Labute approximate surface area is 117 Å². The molecule has 1 amide bonds. The Hall–Kier alpha value is -2.54. The van der Waals surface area contributed by atoms with Crippen LogP contribution in [-0.2, 0) is 4.79 Å². The van der Waals surface area contributed by atoms with E-state index < -0.39 is 6.29 Å². The van der Waals surface area contributed by atoms with Gasteiger partial charge in [-0.25, -0.2) is 0 Å². The minimum absolute atomic E-state index is 0.0685. The van der Waals surface area contributed by atoms with Crippen LogP contribution in [0.3, 0.4) is 0 Å². The number of hydrogen-bond acceptors (Lipinski definition) is 4. The quantitative estimate of drug-likeness (QED) is 0.488. The van der Waals surface area contributed by atoms with Crippen LogP contribution in [0.2, 0.25) is 0 Å². The van der Waals surface area contributed by atoms with Gasteiger partial charge in [0.15, 0.2) is 11.5 Å². The normalized spacial score (nSPS) is 22.3. The van der Waals surface area contributed by atoms with Gasteiger partial charge in [0, 0.05) is 36.2 Å². The summed E-state index contributed by atoms with van der Waals surface area (Å²) in [6.45, 7) is 0.593. The fourth-order valence-electron chi connectivity index (χ4n) is 2.41. The summed E-state index contributed by atoms with van der Waals surface area (Å²) in [7, 11) is 0. The molecule has 1 fully saturated rings. The Bertz CT molecular complexity index is 645. The number of carbonyl (C=O) groups excluding carboxylic acids is 1. The molecular formula is C12H10F2N4O3. The van der Waals surface area contributed by atoms with Crippen molar-refractivity contribution in [2.24, 2.45) is 11.0 Å². The van der Waals surface area contributed by atoms with E-state index in [-0.39, 0.29) is 36.3 Å². The second-order valence-electron chi connectivity index (χ2n) is 4.79. The topological polar surface area (TPSA) is 87.5 Å². The first kappa shape index (κ1) is 13.4. The molecule has 0 bridgehead atoms. The van der Waals surface area contributed by atoms with Crippen molar-refractivity contribution >= 4 is 11.6 Å². The summed E-state index contributed by atoms with van der Waals surface area (Å²) < 4.78 is 34.6. The van der Waals surface area contributed by atoms with Crippen molar-refractivity contribution in [2.75, 3.05) is 18.0 Å². The zero-order valence-corrected chi connectivity index (χ0v) is 10.7. The minimum Gasteiger partial charge on any atom is -0.395 e. The van der Waals surface area contributed by atoms with E-state index in [0.29, 0.717) is 12.2 Å². The number of nitrogens with zero attached hydrogens (tertiary/aromatic N) is 4. The van der Waals surface area contributed by atoms with Gasteiger partial charge in [-0.2, -0.15) is 0 Å². The van der Waals surface area contributed by atoms with Gasteiger partial charge in [-0.3, -0.25) is 4.79 Å². The standard InChI is InChI=1S/C12H10F2N4O3/c13-12(14)20-9-2-1-8(4-10(9)21-12)18-6-7(3-11(18)19)5-16-17-15/h1-2,4,7H,3,5-6H2. The van der Waals surface area contributed by atoms with E-state index >= 15 is 0 Å². The molecule has 3 rings (SSSR count). The molecule has 9 heteroatoms. The maximum atomic E-state index is 13.0. The lowest BCUT2D eigenvalue weighted by Crippen LogP contribution is -2.26. The second kappa shape index (κ2) is 4.78. The molecule has 1 atom stereocenters. The van der Waals surface area contributed by atoms with Gasteiger partial charge in [-0.15, -0.1) is 8.78 Å². The second-order valence-corrected chi connectivity index (χ2v) is 4.79. The third-order valence-corrected chi connectivity index (χ3v) is 3.30. The van der Waals surface area contributed by atoms with Crippen molar-refractivity contribution in [1.29, 1.82) is 0 Å². The third-order valence-electron chi connectivity index (χ3n) is 3.30. The van der Waals surface area contributed by atoms with E-state index in [1.54, 1.807) is 0 Å². The SMILES string of the molecule is [N-]=[N+]=NCC1CC(=O)N(c2ccc3c(c2)OC(F)(F)O3)C1. The van der Waals surface area contributed by atoms with E-state index in [4.69, 9.17) is 5.53 Å². The molecule has 1 unspecified atom stereocenters. The Morgan fingerprint density at radius 2 is 2.19 bits per heavy atom. The number of fused-ring (bicyclic) bond motifs is 1. The third kappa shape index (κ3) is 2.55. The van der Waals surface area contributed by atoms with Gasteiger partial charge in [0.05, 0.1) is 0 Å². The summed E-state index contributed by atoms with van der Waals surface area (Å²) >= 11 is 0. The van der Waals surface area contributed by atoms with E-state index in [9.17, 15) is 13.6 Å². The first-order chi connectivity index (χ1) is 9.98. The van der Waals surface area contributed by atoms with E-state index in [2.05, 4.69) is 19.5 Å². The Kier molecular flexibility index (Phi) is 3.06. The highest BCUT2D eigenvalue weighted by Crippen LogP contribution is 2.43. The Morgan fingerprint density at radius 3 is 2.95 bits per heavy atom. The van der Waals surface area contributed by atoms with Gasteiger partial charge in [0.2, 0.25) is 5.91 Å². The average Bonchev–Trinajstić information content (AvgIpc) is 2.93. The van der Waals surface area contributed by atoms with Crippen LogP contribution in [0.5, 0.6) is 11.5 Å². The van der Waals surface area contributed by atoms with Gasteiger partial charge in [-0.05, 0) is 23.6 Å². The number of amides is 1. The number of rotatable bonds is 3. The molecule has 2 aliphatic heterocycles. The number of anilines is 1. The van der Waals surface area contributed by atoms with Crippen molar-refractivity contribution in [3.63, 3.8) is 0 Å². The predicted molar refractivity (Wildman–Crippen MR) is 67.1 cm³/mol. The van der Waals surface area contributed by atoms with Crippen LogP contribution in [0.4, 0.5) is 14.5 Å². The maximum absolute atomic E-state index is 13.0. The Morgan fingerprint density at radius 1 is 1.43 bits per heavy atom. The molecule has 0 spiro atoms. The molecule has 0 aromatic heterocycles. The van der Waals surface area contributed by atoms with E-state index in [1.807, 2.05) is 0 Å². The molecule has 1 aromatic rings. The molecule has 7 nitrogen and oxygen atoms in total. The number of benzene rings is 1. The molecule has 0 radical (unpaired) electrons. The first-order valence-corrected chi connectivity index (χ1v) is 6.19. The maximum Gasteiger partial charge on any atom is 0.586 e. The van der Waals surface area contributed by atoms with Crippen molar-refractivity contribution in [1.82, 2.24) is 0 Å². The Balaban J connectivity index is 1.79. The summed E-state index contributed by atoms with van der Waals surface area (Å²) in [5, 5.41) is 3.45. The highest BCUT2D eigenvalue weighted by molar-refractivity contribution is 5.96. The predicted octanol–water partition coefficient (Wildman–Crippen LogP) is 2.67. The molecule has 1 aromatic carbocycles. The number of azide groups is 1. The lowest BCUT2D eigenvalue weighted by atomic mass is 10.1. The van der Waals surface area contributed by atoms with Crippen LogP contribution < -0.4 is 14.4 Å². The van der Waals surface area contributed by atoms with Crippen LogP contribution in [0, 0.1) is 5.92 Å². The zero-order valence-electron chi connectivity index (χ0n) is 10.7. The van der Waals surface area contributed by atoms with Gasteiger partial charge < -0.3 is 14.4 Å². The number of alkyl halides is 2. The van der Waals surface area contributed by atoms with E-state index in [0.717, 1.165) is 0 Å². The fourth-order valence-corrected chi connectivity index (χ4v) is 2.41. The molecule has 2 aliphatic rings.